The molecule has 0 radical (unpaired) electrons. The average molecular weight is 490 g/mol. The minimum atomic E-state index is -4.55. The topological polar surface area (TPSA) is 86.6 Å². The van der Waals surface area contributed by atoms with Crippen molar-refractivity contribution in [3.8, 4) is 17.2 Å². The van der Waals surface area contributed by atoms with Crippen molar-refractivity contribution in [1.29, 1.82) is 0 Å². The molecule has 4 rings (SSSR count). The fourth-order valence-corrected chi connectivity index (χ4v) is 4.10. The number of carbonyl (C=O) groups excluding carboxylic acids is 1. The van der Waals surface area contributed by atoms with Crippen molar-refractivity contribution in [2.75, 3.05) is 32.0 Å². The standard InChI is InChI=1S/C24H25F3N4O4/c1-13-5-7-14(8-6-13)17-11-20(24(25,26)27)31-22(30-17)16(12-28-31)23(32)29-15-9-18(33-2)21(35-4)19(10-15)34-3/h5-10,12,17,20,30H,11H2,1-4H3,(H,29,32)/t17-,20+/m1/s1. The number of anilines is 2. The summed E-state index contributed by atoms with van der Waals surface area (Å²) in [7, 11) is 4.32. The normalized spacial score (nSPS) is 17.2. The summed E-state index contributed by atoms with van der Waals surface area (Å²) in [5.41, 5.74) is 1.97. The number of alkyl halides is 3. The van der Waals surface area contributed by atoms with Gasteiger partial charge in [-0.25, -0.2) is 4.68 Å². The third-order valence-electron chi connectivity index (χ3n) is 5.89. The van der Waals surface area contributed by atoms with Crippen LogP contribution in [-0.4, -0.2) is 43.2 Å². The van der Waals surface area contributed by atoms with Crippen LogP contribution in [-0.2, 0) is 0 Å². The van der Waals surface area contributed by atoms with Crippen molar-refractivity contribution in [1.82, 2.24) is 9.78 Å². The number of methoxy groups -OCH3 is 3. The molecule has 35 heavy (non-hydrogen) atoms. The van der Waals surface area contributed by atoms with E-state index in [1.807, 2.05) is 19.1 Å². The molecule has 0 spiro atoms. The van der Waals surface area contributed by atoms with E-state index in [9.17, 15) is 18.0 Å². The Kier molecular flexibility index (Phi) is 6.51. The molecule has 2 atom stereocenters. The summed E-state index contributed by atoms with van der Waals surface area (Å²) in [4.78, 5) is 13.1. The van der Waals surface area contributed by atoms with Crippen LogP contribution in [0, 0.1) is 6.92 Å². The predicted octanol–water partition coefficient (Wildman–Crippen LogP) is 5.13. The van der Waals surface area contributed by atoms with Crippen molar-refractivity contribution in [2.24, 2.45) is 0 Å². The first-order chi connectivity index (χ1) is 16.7. The van der Waals surface area contributed by atoms with Gasteiger partial charge in [0, 0.05) is 24.2 Å². The molecule has 2 aromatic carbocycles. The minimum Gasteiger partial charge on any atom is -0.493 e. The van der Waals surface area contributed by atoms with Gasteiger partial charge in [0.2, 0.25) is 5.75 Å². The zero-order valence-electron chi connectivity index (χ0n) is 19.6. The Morgan fingerprint density at radius 1 is 1.09 bits per heavy atom. The first-order valence-electron chi connectivity index (χ1n) is 10.7. The van der Waals surface area contributed by atoms with E-state index in [1.165, 1.54) is 33.5 Å². The smallest absolute Gasteiger partial charge is 0.410 e. The first-order valence-corrected chi connectivity index (χ1v) is 10.7. The van der Waals surface area contributed by atoms with Crippen LogP contribution in [0.1, 0.15) is 40.0 Å². The van der Waals surface area contributed by atoms with Crippen molar-refractivity contribution < 1.29 is 32.2 Å². The number of fused-ring (bicyclic) bond motifs is 1. The van der Waals surface area contributed by atoms with Crippen LogP contribution in [0.25, 0.3) is 0 Å². The number of rotatable bonds is 6. The molecule has 1 aromatic heterocycles. The Morgan fingerprint density at radius 3 is 2.26 bits per heavy atom. The molecular formula is C24H25F3N4O4. The van der Waals surface area contributed by atoms with Crippen molar-refractivity contribution in [2.45, 2.75) is 31.6 Å². The van der Waals surface area contributed by atoms with Gasteiger partial charge in [-0.3, -0.25) is 4.79 Å². The lowest BCUT2D eigenvalue weighted by Crippen LogP contribution is -2.36. The van der Waals surface area contributed by atoms with Gasteiger partial charge in [0.1, 0.15) is 11.4 Å². The van der Waals surface area contributed by atoms with Crippen LogP contribution in [0.5, 0.6) is 17.2 Å². The van der Waals surface area contributed by atoms with Gasteiger partial charge < -0.3 is 24.8 Å². The van der Waals surface area contributed by atoms with Gasteiger partial charge in [0.05, 0.1) is 33.6 Å². The molecule has 8 nitrogen and oxygen atoms in total. The summed E-state index contributed by atoms with van der Waals surface area (Å²) in [5.74, 6) is 0.321. The molecule has 0 unspecified atom stereocenters. The molecule has 0 aliphatic carbocycles. The lowest BCUT2D eigenvalue weighted by molar-refractivity contribution is -0.173. The number of ether oxygens (including phenoxy) is 3. The van der Waals surface area contributed by atoms with Gasteiger partial charge in [0.25, 0.3) is 5.91 Å². The van der Waals surface area contributed by atoms with E-state index in [0.29, 0.717) is 28.5 Å². The van der Waals surface area contributed by atoms with Gasteiger partial charge >= 0.3 is 6.18 Å². The number of amides is 1. The highest BCUT2D eigenvalue weighted by Crippen LogP contribution is 2.45. The van der Waals surface area contributed by atoms with Crippen LogP contribution in [0.15, 0.2) is 42.6 Å². The lowest BCUT2D eigenvalue weighted by Gasteiger charge is -2.34. The molecule has 1 aliphatic heterocycles. The number of benzene rings is 2. The SMILES string of the molecule is COc1cc(NC(=O)c2cnn3c2N[C@@H](c2ccc(C)cc2)C[C@H]3C(F)(F)F)cc(OC)c1OC. The summed E-state index contributed by atoms with van der Waals surface area (Å²) in [6.45, 7) is 1.90. The largest absolute Gasteiger partial charge is 0.493 e. The fourth-order valence-electron chi connectivity index (χ4n) is 4.10. The molecule has 3 aromatic rings. The number of hydrogen-bond acceptors (Lipinski definition) is 6. The molecular weight excluding hydrogens is 465 g/mol. The maximum Gasteiger partial charge on any atom is 0.410 e. The van der Waals surface area contributed by atoms with Gasteiger partial charge in [0.15, 0.2) is 17.5 Å². The van der Waals surface area contributed by atoms with E-state index in [0.717, 1.165) is 16.4 Å². The van der Waals surface area contributed by atoms with Crippen LogP contribution < -0.4 is 24.8 Å². The van der Waals surface area contributed by atoms with Crippen LogP contribution in [0.3, 0.4) is 0 Å². The monoisotopic (exact) mass is 490 g/mol. The minimum absolute atomic E-state index is 0.00547. The van der Waals surface area contributed by atoms with E-state index in [1.54, 1.807) is 12.1 Å². The molecule has 1 amide bonds. The second-order valence-electron chi connectivity index (χ2n) is 8.12. The van der Waals surface area contributed by atoms with E-state index in [-0.39, 0.29) is 17.8 Å². The highest BCUT2D eigenvalue weighted by Gasteiger charge is 2.47. The Balaban J connectivity index is 1.69. The number of aromatic nitrogens is 2. The summed E-state index contributed by atoms with van der Waals surface area (Å²) in [5, 5.41) is 9.67. The quantitative estimate of drug-likeness (QED) is 0.498. The fraction of sp³-hybridized carbons (Fsp3) is 0.333. The molecule has 0 bridgehead atoms. The molecule has 2 heterocycles. The number of hydrogen-bond donors (Lipinski definition) is 2. The van der Waals surface area contributed by atoms with E-state index < -0.39 is 24.2 Å². The third kappa shape index (κ3) is 4.71. The molecule has 11 heteroatoms. The van der Waals surface area contributed by atoms with Gasteiger partial charge in [-0.2, -0.15) is 18.3 Å². The van der Waals surface area contributed by atoms with E-state index in [4.69, 9.17) is 14.2 Å². The molecule has 2 N–H and O–H groups in total. The van der Waals surface area contributed by atoms with Crippen molar-refractivity contribution in [3.05, 3.63) is 59.3 Å². The van der Waals surface area contributed by atoms with Gasteiger partial charge in [-0.1, -0.05) is 29.8 Å². The number of halogens is 3. The molecule has 186 valence electrons. The van der Waals surface area contributed by atoms with E-state index >= 15 is 0 Å². The molecule has 1 aliphatic rings. The summed E-state index contributed by atoms with van der Waals surface area (Å²) >= 11 is 0. The van der Waals surface area contributed by atoms with Gasteiger partial charge in [-0.05, 0) is 12.5 Å². The molecule has 0 saturated heterocycles. The third-order valence-corrected chi connectivity index (χ3v) is 5.89. The first kappa shape index (κ1) is 24.2. The zero-order valence-corrected chi connectivity index (χ0v) is 19.6. The number of nitrogens with one attached hydrogen (secondary N) is 2. The summed E-state index contributed by atoms with van der Waals surface area (Å²) in [6.07, 6.45) is -3.67. The lowest BCUT2D eigenvalue weighted by atomic mass is 9.96. The van der Waals surface area contributed by atoms with Crippen molar-refractivity contribution in [3.63, 3.8) is 0 Å². The Bertz CT molecular complexity index is 1200. The zero-order chi connectivity index (χ0) is 25.3. The Labute approximate surface area is 200 Å². The Hall–Kier alpha value is -3.89. The second-order valence-corrected chi connectivity index (χ2v) is 8.12. The maximum absolute atomic E-state index is 13.9. The number of nitrogens with zero attached hydrogens (tertiary/aromatic N) is 2. The van der Waals surface area contributed by atoms with Crippen LogP contribution in [0.4, 0.5) is 24.7 Å². The molecule has 0 fully saturated rings. The molecule has 0 saturated carbocycles. The van der Waals surface area contributed by atoms with Crippen molar-refractivity contribution >= 4 is 17.4 Å². The summed E-state index contributed by atoms with van der Waals surface area (Å²) < 4.78 is 58.5. The average Bonchev–Trinajstić information content (AvgIpc) is 3.26. The predicted molar refractivity (Wildman–Crippen MR) is 124 cm³/mol. The summed E-state index contributed by atoms with van der Waals surface area (Å²) in [6, 6.07) is 7.75. The van der Waals surface area contributed by atoms with E-state index in [2.05, 4.69) is 15.7 Å². The second kappa shape index (κ2) is 9.40. The number of aryl methyl sites for hydroxylation is 1. The maximum atomic E-state index is 13.9. The Morgan fingerprint density at radius 2 is 1.71 bits per heavy atom. The van der Waals surface area contributed by atoms with Crippen LogP contribution >= 0.6 is 0 Å². The highest BCUT2D eigenvalue weighted by atomic mass is 19.4. The van der Waals surface area contributed by atoms with Gasteiger partial charge in [-0.15, -0.1) is 0 Å². The van der Waals surface area contributed by atoms with Crippen LogP contribution in [0.2, 0.25) is 0 Å². The number of carbonyl (C=O) groups is 1. The highest BCUT2D eigenvalue weighted by molar-refractivity contribution is 6.07.